The van der Waals surface area contributed by atoms with Crippen molar-refractivity contribution in [1.82, 2.24) is 4.98 Å². The van der Waals surface area contributed by atoms with Crippen LogP contribution in [0.15, 0.2) is 6.20 Å². The number of nitrogens with zero attached hydrogens (tertiary/aromatic N) is 1. The van der Waals surface area contributed by atoms with Gasteiger partial charge in [-0.2, -0.15) is 0 Å². The van der Waals surface area contributed by atoms with Gasteiger partial charge < -0.3 is 10.3 Å². The molecule has 12 heavy (non-hydrogen) atoms. The molecule has 0 aliphatic carbocycles. The summed E-state index contributed by atoms with van der Waals surface area (Å²) in [6.45, 7) is 3.08. The largest absolute Gasteiger partial charge is 0.433 e. The maximum atomic E-state index is 10.8. The van der Waals surface area contributed by atoms with Gasteiger partial charge in [0, 0.05) is 6.92 Å². The van der Waals surface area contributed by atoms with Crippen LogP contribution in [-0.2, 0) is 0 Å². The van der Waals surface area contributed by atoms with E-state index in [-0.39, 0.29) is 5.78 Å². The first-order valence-electron chi connectivity index (χ1n) is 3.51. The molecule has 0 amide bonds. The monoisotopic (exact) mass is 184 g/mol. The molecule has 0 aliphatic heterocycles. The van der Waals surface area contributed by atoms with Gasteiger partial charge in [0.25, 0.3) is 0 Å². The molecule has 0 radical (unpaired) electrons. The summed E-state index contributed by atoms with van der Waals surface area (Å²) in [7, 11) is -0.643. The Kier molecular flexibility index (Phi) is 2.83. The molecule has 0 saturated carbocycles. The summed E-state index contributed by atoms with van der Waals surface area (Å²) in [5.74, 6) is -0.00820. The van der Waals surface area contributed by atoms with Crippen LogP contribution in [0.25, 0.3) is 0 Å². The summed E-state index contributed by atoms with van der Waals surface area (Å²) < 4.78 is 0. The van der Waals surface area contributed by atoms with Crippen molar-refractivity contribution >= 4 is 29.3 Å². The van der Waals surface area contributed by atoms with Crippen molar-refractivity contribution in [2.45, 2.75) is 13.7 Å². The lowest BCUT2D eigenvalue weighted by atomic mass is 9.90. The van der Waals surface area contributed by atoms with E-state index in [1.54, 1.807) is 6.82 Å². The first kappa shape index (κ1) is 9.21. The Morgan fingerprint density at radius 2 is 2.50 bits per heavy atom. The number of anilines is 1. The third-order valence-electron chi connectivity index (χ3n) is 1.19. The maximum Gasteiger partial charge on any atom is 0.408 e. The van der Waals surface area contributed by atoms with Gasteiger partial charge in [-0.15, -0.1) is 0 Å². The third kappa shape index (κ3) is 2.32. The van der Waals surface area contributed by atoms with E-state index < -0.39 is 7.05 Å². The minimum atomic E-state index is -0.643. The quantitative estimate of drug-likeness (QED) is 0.540. The number of hydrogen-bond donors (Lipinski definition) is 2. The van der Waals surface area contributed by atoms with Crippen molar-refractivity contribution in [2.75, 3.05) is 5.23 Å². The van der Waals surface area contributed by atoms with Gasteiger partial charge in [-0.05, 0) is 6.82 Å². The molecule has 0 spiro atoms. The Bertz CT molecular complexity index is 287. The zero-order valence-electron chi connectivity index (χ0n) is 6.87. The van der Waals surface area contributed by atoms with Crippen LogP contribution >= 0.6 is 11.3 Å². The molecular formula is C6H9BN2O2S. The smallest absolute Gasteiger partial charge is 0.408 e. The topological polar surface area (TPSA) is 62.2 Å². The van der Waals surface area contributed by atoms with Crippen LogP contribution in [0.4, 0.5) is 5.13 Å². The minimum absolute atomic E-state index is 0.00820. The molecule has 0 fully saturated rings. The number of aromatic nitrogens is 1. The molecule has 4 nitrogen and oxygen atoms in total. The van der Waals surface area contributed by atoms with Crippen LogP contribution in [0, 0.1) is 0 Å². The molecule has 1 rings (SSSR count). The maximum absolute atomic E-state index is 10.8. The van der Waals surface area contributed by atoms with Gasteiger partial charge in [0.05, 0.1) is 11.1 Å². The Hall–Kier alpha value is -0.875. The van der Waals surface area contributed by atoms with E-state index in [1.165, 1.54) is 24.5 Å². The van der Waals surface area contributed by atoms with Crippen molar-refractivity contribution in [1.29, 1.82) is 0 Å². The molecular weight excluding hydrogens is 175 g/mol. The highest BCUT2D eigenvalue weighted by molar-refractivity contribution is 7.17. The molecule has 1 aromatic rings. The van der Waals surface area contributed by atoms with E-state index in [1.807, 2.05) is 0 Å². The standard InChI is InChI=1S/C6H9BN2O2S/c1-4(10)5-3-8-6(12-5)9-7(2)11/h3,11H,1-2H3,(H,8,9). The molecule has 0 aromatic carbocycles. The second-order valence-electron chi connectivity index (χ2n) is 2.41. The second-order valence-corrected chi connectivity index (χ2v) is 3.44. The van der Waals surface area contributed by atoms with Gasteiger partial charge in [0.15, 0.2) is 10.9 Å². The molecule has 0 atom stereocenters. The van der Waals surface area contributed by atoms with Crippen LogP contribution in [0.2, 0.25) is 6.82 Å². The Balaban J connectivity index is 2.71. The number of rotatable bonds is 3. The van der Waals surface area contributed by atoms with Crippen molar-refractivity contribution in [3.63, 3.8) is 0 Å². The summed E-state index contributed by atoms with van der Waals surface area (Å²) in [6, 6.07) is 0. The molecule has 1 heterocycles. The van der Waals surface area contributed by atoms with Crippen LogP contribution in [0.3, 0.4) is 0 Å². The van der Waals surface area contributed by atoms with E-state index in [0.29, 0.717) is 10.0 Å². The normalized spacial score (nSPS) is 9.58. The highest BCUT2D eigenvalue weighted by Gasteiger charge is 2.08. The Labute approximate surface area is 74.8 Å². The van der Waals surface area contributed by atoms with Crippen LogP contribution in [-0.4, -0.2) is 22.8 Å². The SMILES string of the molecule is CB(O)Nc1ncc(C(C)=O)s1. The van der Waals surface area contributed by atoms with E-state index in [9.17, 15) is 4.79 Å². The first-order chi connectivity index (χ1) is 5.59. The summed E-state index contributed by atoms with van der Waals surface area (Å²) in [4.78, 5) is 15.3. The zero-order valence-corrected chi connectivity index (χ0v) is 7.68. The highest BCUT2D eigenvalue weighted by atomic mass is 32.1. The van der Waals surface area contributed by atoms with E-state index in [2.05, 4.69) is 10.2 Å². The first-order valence-corrected chi connectivity index (χ1v) is 4.32. The number of ketones is 1. The van der Waals surface area contributed by atoms with E-state index >= 15 is 0 Å². The van der Waals surface area contributed by atoms with Gasteiger partial charge in [0.1, 0.15) is 0 Å². The fraction of sp³-hybridized carbons (Fsp3) is 0.333. The number of hydrogen-bond acceptors (Lipinski definition) is 5. The van der Waals surface area contributed by atoms with Crippen LogP contribution in [0.5, 0.6) is 0 Å². The molecule has 1 aromatic heterocycles. The van der Waals surface area contributed by atoms with Gasteiger partial charge in [-0.25, -0.2) is 4.98 Å². The van der Waals surface area contributed by atoms with Crippen molar-refractivity contribution in [2.24, 2.45) is 0 Å². The number of carbonyl (C=O) groups is 1. The van der Waals surface area contributed by atoms with Gasteiger partial charge in [0.2, 0.25) is 0 Å². The van der Waals surface area contributed by atoms with E-state index in [4.69, 9.17) is 5.02 Å². The lowest BCUT2D eigenvalue weighted by molar-refractivity contribution is 0.102. The van der Waals surface area contributed by atoms with E-state index in [0.717, 1.165) is 0 Å². The molecule has 0 saturated heterocycles. The second kappa shape index (κ2) is 3.69. The average Bonchev–Trinajstić information content (AvgIpc) is 2.34. The average molecular weight is 184 g/mol. The number of Topliss-reactive ketones (excluding diaryl/α,β-unsaturated/α-hetero) is 1. The molecule has 0 unspecified atom stereocenters. The van der Waals surface area contributed by atoms with Crippen LogP contribution in [0.1, 0.15) is 16.6 Å². The molecule has 0 aliphatic rings. The van der Waals surface area contributed by atoms with Crippen molar-refractivity contribution in [3.05, 3.63) is 11.1 Å². The van der Waals surface area contributed by atoms with Gasteiger partial charge in [-0.1, -0.05) is 11.3 Å². The molecule has 6 heteroatoms. The Morgan fingerprint density at radius 1 is 1.83 bits per heavy atom. The predicted molar refractivity (Wildman–Crippen MR) is 49.6 cm³/mol. The lowest BCUT2D eigenvalue weighted by Gasteiger charge is -1.98. The predicted octanol–water partition coefficient (Wildman–Crippen LogP) is 0.868. The molecule has 0 bridgehead atoms. The number of thiazole rings is 1. The highest BCUT2D eigenvalue weighted by Crippen LogP contribution is 2.18. The summed E-state index contributed by atoms with van der Waals surface area (Å²) in [5.41, 5.74) is 0. The fourth-order valence-corrected chi connectivity index (χ4v) is 1.47. The fourth-order valence-electron chi connectivity index (χ4n) is 0.682. The van der Waals surface area contributed by atoms with Crippen molar-refractivity contribution < 1.29 is 9.82 Å². The summed E-state index contributed by atoms with van der Waals surface area (Å²) in [6.07, 6.45) is 1.50. The molecule has 64 valence electrons. The van der Waals surface area contributed by atoms with Gasteiger partial charge >= 0.3 is 7.05 Å². The van der Waals surface area contributed by atoms with Crippen molar-refractivity contribution in [3.8, 4) is 0 Å². The summed E-state index contributed by atoms with van der Waals surface area (Å²) in [5, 5.41) is 12.2. The van der Waals surface area contributed by atoms with Gasteiger partial charge in [-0.3, -0.25) is 4.79 Å². The zero-order chi connectivity index (χ0) is 9.14. The lowest BCUT2D eigenvalue weighted by Crippen LogP contribution is -2.18. The number of nitrogens with one attached hydrogen (secondary N) is 1. The Morgan fingerprint density at radius 3 is 2.92 bits per heavy atom. The van der Waals surface area contributed by atoms with Crippen LogP contribution < -0.4 is 5.23 Å². The minimum Gasteiger partial charge on any atom is -0.433 e. The third-order valence-corrected chi connectivity index (χ3v) is 2.21. The molecule has 2 N–H and O–H groups in total. The number of carbonyl (C=O) groups excluding carboxylic acids is 1. The summed E-state index contributed by atoms with van der Waals surface area (Å²) >= 11 is 1.24.